The van der Waals surface area contributed by atoms with E-state index in [-0.39, 0.29) is 24.3 Å². The molecule has 17 heavy (non-hydrogen) atoms. The van der Waals surface area contributed by atoms with Crippen LogP contribution in [0.15, 0.2) is 12.3 Å². The molecule has 6 nitrogen and oxygen atoms in total. The lowest BCUT2D eigenvalue weighted by Crippen LogP contribution is -2.39. The lowest BCUT2D eigenvalue weighted by Gasteiger charge is -2.19. The van der Waals surface area contributed by atoms with E-state index in [4.69, 9.17) is 0 Å². The largest absolute Gasteiger partial charge is 0.358 e. The summed E-state index contributed by atoms with van der Waals surface area (Å²) in [6.07, 6.45) is 1.85. The molecule has 1 saturated heterocycles. The highest BCUT2D eigenvalue weighted by Gasteiger charge is 2.40. The Kier molecular flexibility index (Phi) is 2.87. The Hall–Kier alpha value is -1.85. The Morgan fingerprint density at radius 1 is 1.47 bits per heavy atom. The molecule has 0 aliphatic carbocycles. The van der Waals surface area contributed by atoms with Crippen LogP contribution in [0.25, 0.3) is 0 Å². The van der Waals surface area contributed by atoms with Gasteiger partial charge in [-0.1, -0.05) is 0 Å². The minimum absolute atomic E-state index is 0.0895. The van der Waals surface area contributed by atoms with Crippen molar-refractivity contribution in [3.8, 4) is 0 Å². The van der Waals surface area contributed by atoms with Crippen LogP contribution in [0.4, 0.5) is 5.82 Å². The van der Waals surface area contributed by atoms with E-state index in [9.17, 15) is 9.59 Å². The van der Waals surface area contributed by atoms with Gasteiger partial charge in [0.25, 0.3) is 5.91 Å². The van der Waals surface area contributed by atoms with Crippen LogP contribution in [0, 0.1) is 0 Å². The molecule has 2 amide bonds. The second kappa shape index (κ2) is 4.20. The number of hydrogen-bond donors (Lipinski definition) is 1. The summed E-state index contributed by atoms with van der Waals surface area (Å²) >= 11 is 0. The molecule has 1 aromatic rings. The fraction of sp³-hybridized carbons (Fsp3) is 0.545. The number of nitrogens with zero attached hydrogens (tertiary/aromatic N) is 3. The SMILES string of the molecule is CC(C)N1C(=O)CC(Nc2ccnn2C)C1=O. The maximum atomic E-state index is 12.0. The third-order valence-corrected chi connectivity index (χ3v) is 2.84. The monoisotopic (exact) mass is 236 g/mol. The lowest BCUT2D eigenvalue weighted by molar-refractivity contribution is -0.140. The minimum Gasteiger partial charge on any atom is -0.358 e. The number of aromatic nitrogens is 2. The first-order valence-electron chi connectivity index (χ1n) is 5.61. The fourth-order valence-electron chi connectivity index (χ4n) is 2.00. The average molecular weight is 236 g/mol. The van der Waals surface area contributed by atoms with Crippen LogP contribution in [-0.2, 0) is 16.6 Å². The normalized spacial score (nSPS) is 20.5. The molecule has 1 N–H and O–H groups in total. The Morgan fingerprint density at radius 3 is 2.65 bits per heavy atom. The maximum Gasteiger partial charge on any atom is 0.252 e. The zero-order chi connectivity index (χ0) is 12.6. The Morgan fingerprint density at radius 2 is 2.18 bits per heavy atom. The van der Waals surface area contributed by atoms with E-state index in [1.54, 1.807) is 24.0 Å². The highest BCUT2D eigenvalue weighted by molar-refractivity contribution is 6.07. The number of aryl methyl sites for hydroxylation is 1. The molecule has 92 valence electrons. The summed E-state index contributed by atoms with van der Waals surface area (Å²) in [5.74, 6) is 0.456. The second-order valence-electron chi connectivity index (χ2n) is 4.44. The molecule has 2 rings (SSSR count). The highest BCUT2D eigenvalue weighted by Crippen LogP contribution is 2.19. The van der Waals surface area contributed by atoms with Crippen LogP contribution < -0.4 is 5.32 Å². The summed E-state index contributed by atoms with van der Waals surface area (Å²) in [6.45, 7) is 3.67. The molecule has 6 heteroatoms. The summed E-state index contributed by atoms with van der Waals surface area (Å²) in [6, 6.07) is 1.21. The van der Waals surface area contributed by atoms with Crippen LogP contribution in [0.3, 0.4) is 0 Å². The van der Waals surface area contributed by atoms with Crippen molar-refractivity contribution in [2.24, 2.45) is 7.05 Å². The topological polar surface area (TPSA) is 67.2 Å². The summed E-state index contributed by atoms with van der Waals surface area (Å²) < 4.78 is 1.63. The third kappa shape index (κ3) is 2.02. The second-order valence-corrected chi connectivity index (χ2v) is 4.44. The van der Waals surface area contributed by atoms with Crippen molar-refractivity contribution in [3.05, 3.63) is 12.3 Å². The van der Waals surface area contributed by atoms with Crippen LogP contribution in [0.2, 0.25) is 0 Å². The number of carbonyl (C=O) groups excluding carboxylic acids is 2. The quantitative estimate of drug-likeness (QED) is 0.770. The van der Waals surface area contributed by atoms with Crippen molar-refractivity contribution in [1.29, 1.82) is 0 Å². The van der Waals surface area contributed by atoms with Gasteiger partial charge in [0.15, 0.2) is 0 Å². The molecule has 1 atom stereocenters. The van der Waals surface area contributed by atoms with Gasteiger partial charge >= 0.3 is 0 Å². The van der Waals surface area contributed by atoms with Gasteiger partial charge in [0.05, 0.1) is 12.6 Å². The number of hydrogen-bond acceptors (Lipinski definition) is 4. The average Bonchev–Trinajstić information content (AvgIpc) is 2.73. The van der Waals surface area contributed by atoms with E-state index in [2.05, 4.69) is 10.4 Å². The number of carbonyl (C=O) groups is 2. The van der Waals surface area contributed by atoms with E-state index in [0.717, 1.165) is 5.82 Å². The lowest BCUT2D eigenvalue weighted by atomic mass is 10.2. The number of anilines is 1. The van der Waals surface area contributed by atoms with Gasteiger partial charge in [0.2, 0.25) is 5.91 Å². The van der Waals surface area contributed by atoms with Crippen LogP contribution in [0.1, 0.15) is 20.3 Å². The number of amides is 2. The van der Waals surface area contributed by atoms with Crippen LogP contribution >= 0.6 is 0 Å². The molecule has 0 radical (unpaired) electrons. The van der Waals surface area contributed by atoms with Gasteiger partial charge in [-0.3, -0.25) is 19.2 Å². The summed E-state index contributed by atoms with van der Waals surface area (Å²) in [5, 5.41) is 7.04. The minimum atomic E-state index is -0.472. The fourth-order valence-corrected chi connectivity index (χ4v) is 2.00. The zero-order valence-electron chi connectivity index (χ0n) is 10.2. The highest BCUT2D eigenvalue weighted by atomic mass is 16.2. The number of nitrogens with one attached hydrogen (secondary N) is 1. The molecular weight excluding hydrogens is 220 g/mol. The Labute approximate surface area is 99.6 Å². The number of rotatable bonds is 3. The standard InChI is InChI=1S/C11H16N4O2/c1-7(2)15-10(16)6-8(11(15)17)13-9-4-5-12-14(9)3/h4-5,7-8,13H,6H2,1-3H3. The molecule has 1 fully saturated rings. The molecule has 1 aliphatic rings. The van der Waals surface area contributed by atoms with E-state index < -0.39 is 6.04 Å². The molecule has 1 aromatic heterocycles. The molecule has 0 saturated carbocycles. The van der Waals surface area contributed by atoms with Crippen molar-refractivity contribution in [3.63, 3.8) is 0 Å². The van der Waals surface area contributed by atoms with Gasteiger partial charge in [-0.05, 0) is 13.8 Å². The smallest absolute Gasteiger partial charge is 0.252 e. The molecule has 0 spiro atoms. The van der Waals surface area contributed by atoms with E-state index in [0.29, 0.717) is 0 Å². The molecule has 1 aliphatic heterocycles. The zero-order valence-corrected chi connectivity index (χ0v) is 10.2. The predicted molar refractivity (Wildman–Crippen MR) is 62.2 cm³/mol. The third-order valence-electron chi connectivity index (χ3n) is 2.84. The Balaban J connectivity index is 2.12. The molecule has 1 unspecified atom stereocenters. The maximum absolute atomic E-state index is 12.0. The van der Waals surface area contributed by atoms with Gasteiger partial charge in [0.1, 0.15) is 11.9 Å². The first-order chi connectivity index (χ1) is 8.00. The summed E-state index contributed by atoms with van der Waals surface area (Å²) in [5.41, 5.74) is 0. The van der Waals surface area contributed by atoms with Gasteiger partial charge in [-0.25, -0.2) is 0 Å². The van der Waals surface area contributed by atoms with Gasteiger partial charge in [-0.2, -0.15) is 5.10 Å². The first kappa shape index (κ1) is 11.6. The van der Waals surface area contributed by atoms with Gasteiger partial charge < -0.3 is 5.32 Å². The summed E-state index contributed by atoms with van der Waals surface area (Å²) in [7, 11) is 1.78. The molecular formula is C11H16N4O2. The van der Waals surface area contributed by atoms with Gasteiger partial charge in [0, 0.05) is 19.2 Å². The van der Waals surface area contributed by atoms with Crippen molar-refractivity contribution in [2.75, 3.05) is 5.32 Å². The molecule has 2 heterocycles. The van der Waals surface area contributed by atoms with Crippen molar-refractivity contribution in [1.82, 2.24) is 14.7 Å². The molecule has 0 aromatic carbocycles. The van der Waals surface area contributed by atoms with E-state index >= 15 is 0 Å². The number of likely N-dealkylation sites (tertiary alicyclic amines) is 1. The van der Waals surface area contributed by atoms with Crippen molar-refractivity contribution < 1.29 is 9.59 Å². The van der Waals surface area contributed by atoms with Crippen LogP contribution in [0.5, 0.6) is 0 Å². The molecule has 0 bridgehead atoms. The van der Waals surface area contributed by atoms with Crippen LogP contribution in [-0.4, -0.2) is 38.6 Å². The van der Waals surface area contributed by atoms with E-state index in [1.807, 2.05) is 13.8 Å². The Bertz CT molecular complexity index is 452. The van der Waals surface area contributed by atoms with Crippen molar-refractivity contribution in [2.45, 2.75) is 32.4 Å². The van der Waals surface area contributed by atoms with Crippen molar-refractivity contribution >= 4 is 17.6 Å². The predicted octanol–water partition coefficient (Wildman–Crippen LogP) is 0.368. The number of imide groups is 1. The first-order valence-corrected chi connectivity index (χ1v) is 5.61. The summed E-state index contributed by atoms with van der Waals surface area (Å²) in [4.78, 5) is 25.0. The van der Waals surface area contributed by atoms with E-state index in [1.165, 1.54) is 4.90 Å². The van der Waals surface area contributed by atoms with Gasteiger partial charge in [-0.15, -0.1) is 0 Å².